The largest absolute Gasteiger partial charge is 0.329 e. The van der Waals surface area contributed by atoms with E-state index in [9.17, 15) is 9.59 Å². The van der Waals surface area contributed by atoms with Crippen molar-refractivity contribution in [1.29, 1.82) is 0 Å². The number of rotatable bonds is 4. The first-order chi connectivity index (χ1) is 8.69. The van der Waals surface area contributed by atoms with Crippen molar-refractivity contribution in [1.82, 2.24) is 14.6 Å². The van der Waals surface area contributed by atoms with Crippen molar-refractivity contribution in [2.24, 2.45) is 5.84 Å². The van der Waals surface area contributed by atoms with Gasteiger partial charge in [0.15, 0.2) is 0 Å². The zero-order valence-corrected chi connectivity index (χ0v) is 10.2. The molecule has 0 aliphatic rings. The highest BCUT2D eigenvalue weighted by Crippen LogP contribution is 2.12. The summed E-state index contributed by atoms with van der Waals surface area (Å²) in [6.07, 6.45) is 0.858. The van der Waals surface area contributed by atoms with Crippen molar-refractivity contribution in [3.05, 3.63) is 34.7 Å². The molecular weight excluding hydrogens is 232 g/mol. The molecule has 0 aliphatic heterocycles. The van der Waals surface area contributed by atoms with Crippen LogP contribution in [-0.4, -0.2) is 15.0 Å². The number of carbonyl (C=O) groups is 1. The third-order valence-corrected chi connectivity index (χ3v) is 2.84. The van der Waals surface area contributed by atoms with E-state index in [0.717, 1.165) is 17.5 Å². The molecule has 6 heteroatoms. The first-order valence-electron chi connectivity index (χ1n) is 5.86. The van der Waals surface area contributed by atoms with E-state index in [1.165, 1.54) is 4.57 Å². The minimum atomic E-state index is -0.392. The van der Waals surface area contributed by atoms with E-state index in [2.05, 4.69) is 0 Å². The van der Waals surface area contributed by atoms with E-state index in [0.29, 0.717) is 6.54 Å². The van der Waals surface area contributed by atoms with Crippen molar-refractivity contribution >= 4 is 16.9 Å². The summed E-state index contributed by atoms with van der Waals surface area (Å²) in [6, 6.07) is 7.42. The fraction of sp³-hybridized carbons (Fsp3) is 0.333. The van der Waals surface area contributed by atoms with E-state index >= 15 is 0 Å². The van der Waals surface area contributed by atoms with Crippen LogP contribution in [0.3, 0.4) is 0 Å². The Balaban J connectivity index is 2.61. The molecular formula is C12H16N4O2. The number of hydrazine groups is 1. The summed E-state index contributed by atoms with van der Waals surface area (Å²) < 4.78 is 3.12. The normalized spacial score (nSPS) is 10.8. The smallest absolute Gasteiger partial charge is 0.293 e. The maximum Gasteiger partial charge on any atom is 0.329 e. The van der Waals surface area contributed by atoms with Crippen molar-refractivity contribution in [2.75, 3.05) is 0 Å². The van der Waals surface area contributed by atoms with Crippen molar-refractivity contribution in [3.63, 3.8) is 0 Å². The number of nitrogens with one attached hydrogen (secondary N) is 1. The van der Waals surface area contributed by atoms with Gasteiger partial charge in [-0.2, -0.15) is 0 Å². The van der Waals surface area contributed by atoms with Crippen molar-refractivity contribution in [2.45, 2.75) is 26.4 Å². The number of benzene rings is 1. The monoisotopic (exact) mass is 248 g/mol. The summed E-state index contributed by atoms with van der Waals surface area (Å²) in [5.74, 6) is 4.67. The molecule has 0 spiro atoms. The molecule has 6 nitrogen and oxygen atoms in total. The highest BCUT2D eigenvalue weighted by molar-refractivity contribution is 5.80. The Morgan fingerprint density at radius 1 is 1.28 bits per heavy atom. The van der Waals surface area contributed by atoms with E-state index in [1.54, 1.807) is 4.57 Å². The molecule has 2 aromatic rings. The average molecular weight is 248 g/mol. The van der Waals surface area contributed by atoms with Crippen LogP contribution >= 0.6 is 0 Å². The van der Waals surface area contributed by atoms with Crippen LogP contribution in [0, 0.1) is 0 Å². The Labute approximate surface area is 104 Å². The first kappa shape index (κ1) is 12.4. The summed E-state index contributed by atoms with van der Waals surface area (Å²) >= 11 is 0. The third-order valence-electron chi connectivity index (χ3n) is 2.84. The van der Waals surface area contributed by atoms with Gasteiger partial charge < -0.3 is 0 Å². The molecule has 1 aromatic carbocycles. The van der Waals surface area contributed by atoms with Crippen molar-refractivity contribution in [3.8, 4) is 0 Å². The molecule has 0 aliphatic carbocycles. The molecule has 1 amide bonds. The number of imidazole rings is 1. The Morgan fingerprint density at radius 2 is 1.89 bits per heavy atom. The number of hydrogen-bond acceptors (Lipinski definition) is 3. The Morgan fingerprint density at radius 3 is 2.44 bits per heavy atom. The summed E-state index contributed by atoms with van der Waals surface area (Å²) in [6.45, 7) is 2.58. The highest BCUT2D eigenvalue weighted by atomic mass is 16.2. The SMILES string of the molecule is CCCn1c(=O)n(CC(=O)NN)c2ccccc21. The fourth-order valence-corrected chi connectivity index (χ4v) is 2.05. The number of aromatic nitrogens is 2. The summed E-state index contributed by atoms with van der Waals surface area (Å²) in [5.41, 5.74) is 3.45. The number of fused-ring (bicyclic) bond motifs is 1. The van der Waals surface area contributed by atoms with Crippen LogP contribution in [0.5, 0.6) is 0 Å². The number of nitrogens with zero attached hydrogens (tertiary/aromatic N) is 2. The number of para-hydroxylation sites is 2. The minimum absolute atomic E-state index is 0.0629. The van der Waals surface area contributed by atoms with Gasteiger partial charge in [-0.25, -0.2) is 10.6 Å². The van der Waals surface area contributed by atoms with Crippen LogP contribution in [0.4, 0.5) is 0 Å². The van der Waals surface area contributed by atoms with Crippen LogP contribution in [-0.2, 0) is 17.9 Å². The topological polar surface area (TPSA) is 82.0 Å². The lowest BCUT2D eigenvalue weighted by Gasteiger charge is -2.01. The second-order valence-electron chi connectivity index (χ2n) is 4.08. The average Bonchev–Trinajstić information content (AvgIpc) is 2.65. The molecule has 96 valence electrons. The Bertz CT molecular complexity index is 627. The van der Waals surface area contributed by atoms with Gasteiger partial charge in [-0.15, -0.1) is 0 Å². The van der Waals surface area contributed by atoms with E-state index in [-0.39, 0.29) is 12.2 Å². The van der Waals surface area contributed by atoms with Gasteiger partial charge in [0.05, 0.1) is 11.0 Å². The molecule has 2 rings (SSSR count). The lowest BCUT2D eigenvalue weighted by atomic mass is 10.3. The number of nitrogens with two attached hydrogens (primary N) is 1. The molecule has 0 saturated carbocycles. The highest BCUT2D eigenvalue weighted by Gasteiger charge is 2.13. The standard InChI is InChI=1S/C12H16N4O2/c1-2-7-15-9-5-3-4-6-10(9)16(12(15)18)8-11(17)14-13/h3-6H,2,7-8,13H2,1H3,(H,14,17). The van der Waals surface area contributed by atoms with Crippen molar-refractivity contribution < 1.29 is 4.79 Å². The van der Waals surface area contributed by atoms with Gasteiger partial charge in [0.2, 0.25) is 0 Å². The van der Waals surface area contributed by atoms with E-state index < -0.39 is 5.91 Å². The zero-order chi connectivity index (χ0) is 13.1. The summed E-state index contributed by atoms with van der Waals surface area (Å²) in [7, 11) is 0. The molecule has 0 fully saturated rings. The minimum Gasteiger partial charge on any atom is -0.293 e. The number of carbonyl (C=O) groups excluding carboxylic acids is 1. The first-order valence-corrected chi connectivity index (χ1v) is 5.86. The molecule has 18 heavy (non-hydrogen) atoms. The predicted octanol–water partition coefficient (Wildman–Crippen LogP) is 0.203. The Kier molecular flexibility index (Phi) is 3.47. The van der Waals surface area contributed by atoms with Crippen LogP contribution in [0.1, 0.15) is 13.3 Å². The van der Waals surface area contributed by atoms with Gasteiger partial charge in [0.1, 0.15) is 6.54 Å². The third kappa shape index (κ3) is 2.02. The Hall–Kier alpha value is -2.08. The van der Waals surface area contributed by atoms with E-state index in [1.807, 2.05) is 36.6 Å². The number of aryl methyl sites for hydroxylation is 1. The quantitative estimate of drug-likeness (QED) is 0.461. The molecule has 0 saturated heterocycles. The summed E-state index contributed by atoms with van der Waals surface area (Å²) in [5, 5.41) is 0. The molecule has 0 radical (unpaired) electrons. The van der Waals surface area contributed by atoms with E-state index in [4.69, 9.17) is 5.84 Å². The van der Waals surface area contributed by atoms with Crippen LogP contribution in [0.2, 0.25) is 0 Å². The molecule has 1 heterocycles. The van der Waals surface area contributed by atoms with Gasteiger partial charge in [-0.3, -0.25) is 19.4 Å². The molecule has 0 bridgehead atoms. The van der Waals surface area contributed by atoms with Crippen LogP contribution < -0.4 is 17.0 Å². The van der Waals surface area contributed by atoms with Gasteiger partial charge >= 0.3 is 5.69 Å². The maximum absolute atomic E-state index is 12.2. The summed E-state index contributed by atoms with van der Waals surface area (Å²) in [4.78, 5) is 23.6. The zero-order valence-electron chi connectivity index (χ0n) is 10.2. The fourth-order valence-electron chi connectivity index (χ4n) is 2.05. The lowest BCUT2D eigenvalue weighted by Crippen LogP contribution is -2.36. The number of hydrogen-bond donors (Lipinski definition) is 2. The molecule has 0 unspecified atom stereocenters. The van der Waals surface area contributed by atoms with Gasteiger partial charge in [-0.05, 0) is 18.6 Å². The van der Waals surface area contributed by atoms with Crippen LogP contribution in [0.25, 0.3) is 11.0 Å². The maximum atomic E-state index is 12.2. The molecule has 0 atom stereocenters. The van der Waals surface area contributed by atoms with Gasteiger partial charge in [0, 0.05) is 6.54 Å². The molecule has 3 N–H and O–H groups in total. The van der Waals surface area contributed by atoms with Gasteiger partial charge in [-0.1, -0.05) is 19.1 Å². The predicted molar refractivity (Wildman–Crippen MR) is 68.8 cm³/mol. The second-order valence-corrected chi connectivity index (χ2v) is 4.08. The molecule has 1 aromatic heterocycles. The lowest BCUT2D eigenvalue weighted by molar-refractivity contribution is -0.121. The number of amides is 1. The van der Waals surface area contributed by atoms with Crippen LogP contribution in [0.15, 0.2) is 29.1 Å². The second kappa shape index (κ2) is 5.05. The van der Waals surface area contributed by atoms with Gasteiger partial charge in [0.25, 0.3) is 5.91 Å².